The summed E-state index contributed by atoms with van der Waals surface area (Å²) in [5.74, 6) is 0.658. The number of alkyl halides is 1. The van der Waals surface area contributed by atoms with E-state index >= 15 is 0 Å². The molecule has 1 nitrogen and oxygen atoms in total. The summed E-state index contributed by atoms with van der Waals surface area (Å²) in [4.78, 5) is 0. The number of rotatable bonds is 17. The van der Waals surface area contributed by atoms with E-state index in [2.05, 4.69) is 24.8 Å². The molecule has 0 fully saturated rings. The van der Waals surface area contributed by atoms with Crippen molar-refractivity contribution in [1.82, 2.24) is 0 Å². The number of hydrogen-bond acceptors (Lipinski definition) is 1. The van der Waals surface area contributed by atoms with Crippen LogP contribution in [0, 0.1) is 0 Å². The zero-order valence-electron chi connectivity index (χ0n) is 15.2. The molecule has 0 amide bonds. The molecule has 0 aliphatic heterocycles. The highest BCUT2D eigenvalue weighted by atomic mass is 35.5. The van der Waals surface area contributed by atoms with Crippen LogP contribution in [0.2, 0.25) is 0 Å². The van der Waals surface area contributed by atoms with Crippen molar-refractivity contribution in [3.05, 3.63) is 30.0 Å². The monoisotopic (exact) mass is 340 g/mol. The van der Waals surface area contributed by atoms with Crippen LogP contribution in [0.25, 0.3) is 0 Å². The maximum atomic E-state index is 5.56. The fourth-order valence-electron chi connectivity index (χ4n) is 2.37. The van der Waals surface area contributed by atoms with Gasteiger partial charge in [0, 0.05) is 5.88 Å². The van der Waals surface area contributed by atoms with Gasteiger partial charge < -0.3 is 4.74 Å². The van der Waals surface area contributed by atoms with Crippen LogP contribution in [0.1, 0.15) is 84.0 Å². The molecule has 0 aromatic carbocycles. The summed E-state index contributed by atoms with van der Waals surface area (Å²) in [5.41, 5.74) is 3.06. The van der Waals surface area contributed by atoms with E-state index < -0.39 is 0 Å². The zero-order chi connectivity index (χ0) is 16.8. The Morgan fingerprint density at radius 3 is 2.13 bits per heavy atom. The minimum absolute atomic E-state index is 0.644. The Balaban J connectivity index is 3.15. The quantitative estimate of drug-likeness (QED) is 0.118. The van der Waals surface area contributed by atoms with Crippen LogP contribution in [0.5, 0.6) is 0 Å². The van der Waals surface area contributed by atoms with Gasteiger partial charge in [-0.05, 0) is 37.8 Å². The van der Waals surface area contributed by atoms with Crippen LogP contribution in [-0.2, 0) is 4.74 Å². The molecule has 0 unspecified atom stereocenters. The summed E-state index contributed by atoms with van der Waals surface area (Å²) in [6, 6.07) is 0. The van der Waals surface area contributed by atoms with E-state index in [1.54, 1.807) is 0 Å². The molecule has 0 N–H and O–H groups in total. The number of unbranched alkanes of at least 4 members (excludes halogenated alkanes) is 9. The third-order valence-corrected chi connectivity index (χ3v) is 3.98. The Kier molecular flexibility index (Phi) is 21.1. The van der Waals surface area contributed by atoms with E-state index in [0.29, 0.717) is 12.5 Å². The van der Waals surface area contributed by atoms with Crippen LogP contribution in [0.15, 0.2) is 30.0 Å². The Hall–Kier alpha value is -0.490. The summed E-state index contributed by atoms with van der Waals surface area (Å²) < 4.78 is 5.49. The van der Waals surface area contributed by atoms with Gasteiger partial charge in [0.25, 0.3) is 0 Å². The van der Waals surface area contributed by atoms with Crippen LogP contribution < -0.4 is 0 Å². The minimum atomic E-state index is 0.644. The van der Waals surface area contributed by atoms with Crippen LogP contribution in [0.4, 0.5) is 0 Å². The Morgan fingerprint density at radius 2 is 1.43 bits per heavy atom. The van der Waals surface area contributed by atoms with Crippen LogP contribution in [0.3, 0.4) is 0 Å². The fourth-order valence-corrected chi connectivity index (χ4v) is 2.48. The molecule has 0 aliphatic carbocycles. The first-order valence-electron chi connectivity index (χ1n) is 9.60. The Labute approximate surface area is 149 Å². The van der Waals surface area contributed by atoms with E-state index in [1.807, 2.05) is 12.2 Å². The van der Waals surface area contributed by atoms with Crippen molar-refractivity contribution >= 4 is 11.6 Å². The summed E-state index contributed by atoms with van der Waals surface area (Å²) in [7, 11) is 0. The maximum absolute atomic E-state index is 5.56. The molecular weight excluding hydrogens is 304 g/mol. The summed E-state index contributed by atoms with van der Waals surface area (Å²) in [6.07, 6.45) is 24.1. The maximum Gasteiger partial charge on any atom is 0.0721 e. The molecule has 0 saturated carbocycles. The van der Waals surface area contributed by atoms with Gasteiger partial charge in [-0.15, -0.1) is 17.3 Å². The van der Waals surface area contributed by atoms with Crippen LogP contribution >= 0.6 is 11.6 Å². The number of hydrogen-bond donors (Lipinski definition) is 0. The van der Waals surface area contributed by atoms with E-state index in [4.69, 9.17) is 16.3 Å². The Morgan fingerprint density at radius 1 is 0.783 bits per heavy atom. The zero-order valence-corrected chi connectivity index (χ0v) is 16.0. The van der Waals surface area contributed by atoms with Crippen molar-refractivity contribution in [2.24, 2.45) is 0 Å². The standard InChI is InChI=1S/C21H37ClO/c1-2-3-4-5-6-7-8-9-10-11-12-14-17-20-23-21-18-15-13-16-19-22/h12-14,18H,2-11,16-17,19-21H2,1H3/b14-12-. The lowest BCUT2D eigenvalue weighted by Crippen LogP contribution is -1.91. The lowest BCUT2D eigenvalue weighted by molar-refractivity contribution is 0.167. The number of halogens is 1. The molecule has 0 rings (SSSR count). The van der Waals surface area contributed by atoms with Gasteiger partial charge in [-0.1, -0.05) is 70.4 Å². The fraction of sp³-hybridized carbons (Fsp3) is 0.762. The summed E-state index contributed by atoms with van der Waals surface area (Å²) in [5, 5.41) is 0. The van der Waals surface area contributed by atoms with Crippen molar-refractivity contribution in [3.8, 4) is 0 Å². The summed E-state index contributed by atoms with van der Waals surface area (Å²) in [6.45, 7) is 3.71. The van der Waals surface area contributed by atoms with Gasteiger partial charge in [-0.2, -0.15) is 0 Å². The van der Waals surface area contributed by atoms with E-state index in [1.165, 1.54) is 64.2 Å². The van der Waals surface area contributed by atoms with Gasteiger partial charge in [0.05, 0.1) is 13.2 Å². The molecular formula is C21H37ClO. The smallest absolute Gasteiger partial charge is 0.0721 e. The van der Waals surface area contributed by atoms with Crippen molar-refractivity contribution in [2.45, 2.75) is 84.0 Å². The van der Waals surface area contributed by atoms with Crippen molar-refractivity contribution in [1.29, 1.82) is 0 Å². The van der Waals surface area contributed by atoms with Crippen molar-refractivity contribution in [2.75, 3.05) is 19.1 Å². The van der Waals surface area contributed by atoms with E-state index in [0.717, 1.165) is 19.4 Å². The second kappa shape index (κ2) is 21.5. The normalized spacial score (nSPS) is 10.9. The van der Waals surface area contributed by atoms with Crippen LogP contribution in [-0.4, -0.2) is 19.1 Å². The minimum Gasteiger partial charge on any atom is -0.376 e. The van der Waals surface area contributed by atoms with Crippen molar-refractivity contribution < 1.29 is 4.74 Å². The van der Waals surface area contributed by atoms with Crippen molar-refractivity contribution in [3.63, 3.8) is 0 Å². The predicted molar refractivity (Wildman–Crippen MR) is 104 cm³/mol. The van der Waals surface area contributed by atoms with Gasteiger partial charge in [-0.3, -0.25) is 0 Å². The molecule has 0 heterocycles. The average molecular weight is 341 g/mol. The number of allylic oxidation sites excluding steroid dienone is 1. The van der Waals surface area contributed by atoms with E-state index in [-0.39, 0.29) is 0 Å². The van der Waals surface area contributed by atoms with E-state index in [9.17, 15) is 0 Å². The number of ether oxygens (including phenoxy) is 1. The highest BCUT2D eigenvalue weighted by molar-refractivity contribution is 6.17. The Bertz CT molecular complexity index is 303. The average Bonchev–Trinajstić information content (AvgIpc) is 2.57. The molecule has 0 aromatic rings. The lowest BCUT2D eigenvalue weighted by Gasteiger charge is -2.00. The molecule has 0 aromatic heterocycles. The topological polar surface area (TPSA) is 9.23 Å². The highest BCUT2D eigenvalue weighted by Gasteiger charge is 1.91. The second-order valence-corrected chi connectivity index (χ2v) is 6.38. The van der Waals surface area contributed by atoms with Gasteiger partial charge in [0.1, 0.15) is 0 Å². The molecule has 0 aliphatic rings. The van der Waals surface area contributed by atoms with Gasteiger partial charge in [0.15, 0.2) is 0 Å². The first kappa shape index (κ1) is 22.5. The molecule has 0 saturated heterocycles. The molecule has 2 heteroatoms. The molecule has 23 heavy (non-hydrogen) atoms. The molecule has 0 atom stereocenters. The lowest BCUT2D eigenvalue weighted by atomic mass is 10.1. The van der Waals surface area contributed by atoms with Gasteiger partial charge in [-0.25, -0.2) is 0 Å². The summed E-state index contributed by atoms with van der Waals surface area (Å²) >= 11 is 5.56. The SMILES string of the molecule is CCCCCCCCCCC/C=C\CCOCC=C=CCCCl. The molecule has 0 radical (unpaired) electrons. The largest absolute Gasteiger partial charge is 0.376 e. The second-order valence-electron chi connectivity index (χ2n) is 6.00. The molecule has 134 valence electrons. The highest BCUT2D eigenvalue weighted by Crippen LogP contribution is 2.10. The molecule has 0 bridgehead atoms. The van der Waals surface area contributed by atoms with Gasteiger partial charge in [0.2, 0.25) is 0 Å². The first-order valence-corrected chi connectivity index (χ1v) is 10.1. The third kappa shape index (κ3) is 21.5. The first-order chi connectivity index (χ1) is 11.4. The third-order valence-electron chi connectivity index (χ3n) is 3.76. The molecule has 0 spiro atoms. The van der Waals surface area contributed by atoms with Gasteiger partial charge >= 0.3 is 0 Å². The predicted octanol–water partition coefficient (Wildman–Crippen LogP) is 7.21.